The van der Waals surface area contributed by atoms with Crippen LogP contribution in [0.15, 0.2) is 30.3 Å². The first-order valence-electron chi connectivity index (χ1n) is 4.81. The van der Waals surface area contributed by atoms with Gasteiger partial charge in [0.2, 0.25) is 0 Å². The Balaban J connectivity index is 0.000000980. The maximum atomic E-state index is 9.16. The minimum atomic E-state index is 0. The van der Waals surface area contributed by atoms with Gasteiger partial charge in [-0.05, 0) is 18.5 Å². The topological polar surface area (TPSA) is 32.3 Å². The van der Waals surface area contributed by atoms with E-state index in [1.807, 2.05) is 18.2 Å². The van der Waals surface area contributed by atoms with Gasteiger partial charge in [0.05, 0.1) is 0 Å². The van der Waals surface area contributed by atoms with Gasteiger partial charge in [0.25, 0.3) is 0 Å². The zero-order valence-electron chi connectivity index (χ0n) is 8.02. The molecule has 1 aliphatic rings. The molecule has 1 aromatic rings. The molecule has 2 rings (SSSR count). The molecule has 0 amide bonds. The average molecular weight is 214 g/mol. The summed E-state index contributed by atoms with van der Waals surface area (Å²) in [6.45, 7) is 1.30. The summed E-state index contributed by atoms with van der Waals surface area (Å²) >= 11 is 0. The van der Waals surface area contributed by atoms with Gasteiger partial charge >= 0.3 is 0 Å². The minimum Gasteiger partial charge on any atom is -0.396 e. The van der Waals surface area contributed by atoms with Crippen molar-refractivity contribution in [3.8, 4) is 0 Å². The standard InChI is InChI=1S/C11H15NO.ClH/c13-8-10-6-7-12-11(10)9-4-2-1-3-5-9;/h1-5,10-13H,6-8H2;1H. The van der Waals surface area contributed by atoms with E-state index in [-0.39, 0.29) is 19.0 Å². The summed E-state index contributed by atoms with van der Waals surface area (Å²) in [5.74, 6) is 0.391. The molecule has 0 aliphatic carbocycles. The molecule has 14 heavy (non-hydrogen) atoms. The Morgan fingerprint density at radius 3 is 2.64 bits per heavy atom. The molecule has 0 aromatic heterocycles. The fourth-order valence-corrected chi connectivity index (χ4v) is 2.00. The van der Waals surface area contributed by atoms with Gasteiger partial charge in [-0.15, -0.1) is 12.4 Å². The average Bonchev–Trinajstić information content (AvgIpc) is 2.67. The number of halogens is 1. The summed E-state index contributed by atoms with van der Waals surface area (Å²) in [6, 6.07) is 10.7. The molecule has 2 N–H and O–H groups in total. The number of benzene rings is 1. The predicted molar refractivity (Wildman–Crippen MR) is 59.6 cm³/mol. The van der Waals surface area contributed by atoms with Crippen LogP contribution in [0.25, 0.3) is 0 Å². The van der Waals surface area contributed by atoms with Crippen LogP contribution < -0.4 is 5.32 Å². The van der Waals surface area contributed by atoms with Crippen molar-refractivity contribution in [1.82, 2.24) is 5.32 Å². The zero-order chi connectivity index (χ0) is 9.10. The number of aliphatic hydroxyl groups is 1. The van der Waals surface area contributed by atoms with Crippen molar-refractivity contribution in [1.29, 1.82) is 0 Å². The fraction of sp³-hybridized carbons (Fsp3) is 0.455. The fourth-order valence-electron chi connectivity index (χ4n) is 2.00. The van der Waals surface area contributed by atoms with E-state index >= 15 is 0 Å². The van der Waals surface area contributed by atoms with E-state index in [9.17, 15) is 0 Å². The van der Waals surface area contributed by atoms with Gasteiger partial charge in [-0.25, -0.2) is 0 Å². The van der Waals surface area contributed by atoms with E-state index in [4.69, 9.17) is 5.11 Å². The third-order valence-electron chi connectivity index (χ3n) is 2.74. The Morgan fingerprint density at radius 1 is 1.29 bits per heavy atom. The molecule has 1 saturated heterocycles. The summed E-state index contributed by atoms with van der Waals surface area (Å²) in [7, 11) is 0. The van der Waals surface area contributed by atoms with Gasteiger partial charge in [0.15, 0.2) is 0 Å². The molecule has 3 heteroatoms. The lowest BCUT2D eigenvalue weighted by atomic mass is 9.95. The van der Waals surface area contributed by atoms with Gasteiger partial charge < -0.3 is 10.4 Å². The Morgan fingerprint density at radius 2 is 2.00 bits per heavy atom. The molecule has 2 atom stereocenters. The summed E-state index contributed by atoms with van der Waals surface area (Å²) in [5, 5.41) is 12.6. The van der Waals surface area contributed by atoms with Crippen molar-refractivity contribution in [2.75, 3.05) is 13.2 Å². The van der Waals surface area contributed by atoms with Crippen LogP contribution in [-0.4, -0.2) is 18.3 Å². The number of hydrogen-bond acceptors (Lipinski definition) is 2. The van der Waals surface area contributed by atoms with Crippen LogP contribution in [0.1, 0.15) is 18.0 Å². The highest BCUT2D eigenvalue weighted by Gasteiger charge is 2.26. The molecule has 0 spiro atoms. The van der Waals surface area contributed by atoms with Crippen LogP contribution in [0, 0.1) is 5.92 Å². The minimum absolute atomic E-state index is 0. The normalized spacial score (nSPS) is 25.8. The summed E-state index contributed by atoms with van der Waals surface area (Å²) < 4.78 is 0. The van der Waals surface area contributed by atoms with Gasteiger partial charge in [0.1, 0.15) is 0 Å². The SMILES string of the molecule is Cl.OCC1CCNC1c1ccccc1. The lowest BCUT2D eigenvalue weighted by Gasteiger charge is -2.17. The molecule has 78 valence electrons. The van der Waals surface area contributed by atoms with Crippen molar-refractivity contribution in [2.24, 2.45) is 5.92 Å². The maximum absolute atomic E-state index is 9.16. The van der Waals surface area contributed by atoms with Crippen LogP contribution in [0.2, 0.25) is 0 Å². The highest BCUT2D eigenvalue weighted by atomic mass is 35.5. The van der Waals surface area contributed by atoms with Crippen molar-refractivity contribution in [3.05, 3.63) is 35.9 Å². The van der Waals surface area contributed by atoms with Gasteiger partial charge in [-0.2, -0.15) is 0 Å². The van der Waals surface area contributed by atoms with Crippen molar-refractivity contribution in [3.63, 3.8) is 0 Å². The molecule has 1 aromatic carbocycles. The monoisotopic (exact) mass is 213 g/mol. The van der Waals surface area contributed by atoms with Crippen LogP contribution in [0.5, 0.6) is 0 Å². The number of nitrogens with one attached hydrogen (secondary N) is 1. The second-order valence-corrected chi connectivity index (χ2v) is 3.57. The molecule has 2 unspecified atom stereocenters. The van der Waals surface area contributed by atoms with E-state index in [1.54, 1.807) is 0 Å². The largest absolute Gasteiger partial charge is 0.396 e. The summed E-state index contributed by atoms with van der Waals surface area (Å²) in [5.41, 5.74) is 1.29. The van der Waals surface area contributed by atoms with E-state index in [0.717, 1.165) is 13.0 Å². The predicted octanol–water partition coefficient (Wildman–Crippen LogP) is 1.75. The second kappa shape index (κ2) is 5.35. The van der Waals surface area contributed by atoms with Crippen LogP contribution in [0.4, 0.5) is 0 Å². The lowest BCUT2D eigenvalue weighted by Crippen LogP contribution is -2.19. The molecule has 0 bridgehead atoms. The summed E-state index contributed by atoms with van der Waals surface area (Å²) in [4.78, 5) is 0. The number of hydrogen-bond donors (Lipinski definition) is 2. The Kier molecular flexibility index (Phi) is 4.39. The Bertz CT molecular complexity index is 265. The van der Waals surface area contributed by atoms with Crippen LogP contribution >= 0.6 is 12.4 Å². The Hall–Kier alpha value is -0.570. The van der Waals surface area contributed by atoms with E-state index in [0.29, 0.717) is 12.0 Å². The molecule has 1 aliphatic heterocycles. The molecule has 2 nitrogen and oxygen atoms in total. The molecular weight excluding hydrogens is 198 g/mol. The van der Waals surface area contributed by atoms with Crippen molar-refractivity contribution < 1.29 is 5.11 Å². The van der Waals surface area contributed by atoms with Gasteiger partial charge in [-0.1, -0.05) is 30.3 Å². The first-order valence-corrected chi connectivity index (χ1v) is 4.81. The van der Waals surface area contributed by atoms with Crippen LogP contribution in [0.3, 0.4) is 0 Å². The zero-order valence-corrected chi connectivity index (χ0v) is 8.83. The number of aliphatic hydroxyl groups excluding tert-OH is 1. The van der Waals surface area contributed by atoms with E-state index in [2.05, 4.69) is 17.4 Å². The first kappa shape index (κ1) is 11.5. The maximum Gasteiger partial charge on any atom is 0.0477 e. The molecular formula is C11H16ClNO. The van der Waals surface area contributed by atoms with Gasteiger partial charge in [-0.3, -0.25) is 0 Å². The molecule has 1 fully saturated rings. The molecule has 0 saturated carbocycles. The van der Waals surface area contributed by atoms with Gasteiger partial charge in [0, 0.05) is 18.6 Å². The van der Waals surface area contributed by atoms with Crippen LogP contribution in [-0.2, 0) is 0 Å². The summed E-state index contributed by atoms with van der Waals surface area (Å²) in [6.07, 6.45) is 1.08. The third kappa shape index (κ3) is 2.27. The lowest BCUT2D eigenvalue weighted by molar-refractivity contribution is 0.214. The quantitative estimate of drug-likeness (QED) is 0.785. The van der Waals surface area contributed by atoms with Crippen molar-refractivity contribution in [2.45, 2.75) is 12.5 Å². The van der Waals surface area contributed by atoms with E-state index in [1.165, 1.54) is 5.56 Å². The van der Waals surface area contributed by atoms with E-state index < -0.39 is 0 Å². The third-order valence-corrected chi connectivity index (χ3v) is 2.74. The molecule has 0 radical (unpaired) electrons. The highest BCUT2D eigenvalue weighted by molar-refractivity contribution is 5.85. The Labute approximate surface area is 90.7 Å². The van der Waals surface area contributed by atoms with Crippen molar-refractivity contribution >= 4 is 12.4 Å². The molecule has 1 heterocycles. The first-order chi connectivity index (χ1) is 6.42. The smallest absolute Gasteiger partial charge is 0.0477 e. The highest BCUT2D eigenvalue weighted by Crippen LogP contribution is 2.28. The second-order valence-electron chi connectivity index (χ2n) is 3.57. The number of rotatable bonds is 2.